The van der Waals surface area contributed by atoms with Gasteiger partial charge in [-0.25, -0.2) is 4.98 Å². The molecule has 0 spiro atoms. The summed E-state index contributed by atoms with van der Waals surface area (Å²) in [6.45, 7) is -0.214. The minimum absolute atomic E-state index is 0.0718. The standard InChI is InChI=1S/C20H18N6O4/c1-29-15-8-6-14(7-9-15)26-19-18(23-24-26)20(28)25(12-21-19)11-17(27)22-13-4-3-5-16(10-13)30-2/h3-10,12H,11H2,1-2H3,(H,22,27). The van der Waals surface area contributed by atoms with Crippen molar-refractivity contribution in [2.45, 2.75) is 6.54 Å². The molecule has 30 heavy (non-hydrogen) atoms. The maximum absolute atomic E-state index is 12.7. The van der Waals surface area contributed by atoms with E-state index in [9.17, 15) is 9.59 Å². The lowest BCUT2D eigenvalue weighted by molar-refractivity contribution is -0.116. The molecule has 2 aromatic heterocycles. The van der Waals surface area contributed by atoms with Crippen LogP contribution in [0.2, 0.25) is 0 Å². The highest BCUT2D eigenvalue weighted by atomic mass is 16.5. The second kappa shape index (κ2) is 8.03. The number of benzene rings is 2. The highest BCUT2D eigenvalue weighted by molar-refractivity contribution is 5.90. The van der Waals surface area contributed by atoms with E-state index >= 15 is 0 Å². The van der Waals surface area contributed by atoms with Crippen molar-refractivity contribution in [3.8, 4) is 17.2 Å². The Hall–Kier alpha value is -4.21. The summed E-state index contributed by atoms with van der Waals surface area (Å²) in [6, 6.07) is 14.0. The van der Waals surface area contributed by atoms with E-state index in [4.69, 9.17) is 9.47 Å². The number of ether oxygens (including phenoxy) is 2. The van der Waals surface area contributed by atoms with Crippen molar-refractivity contribution in [2.24, 2.45) is 0 Å². The summed E-state index contributed by atoms with van der Waals surface area (Å²) in [7, 11) is 3.12. The second-order valence-electron chi connectivity index (χ2n) is 6.33. The SMILES string of the molecule is COc1ccc(-n2nnc3c(=O)n(CC(=O)Nc4cccc(OC)c4)cnc32)cc1. The molecule has 10 nitrogen and oxygen atoms in total. The lowest BCUT2D eigenvalue weighted by Gasteiger charge is -2.08. The van der Waals surface area contributed by atoms with Crippen molar-refractivity contribution < 1.29 is 14.3 Å². The average molecular weight is 406 g/mol. The van der Waals surface area contributed by atoms with Gasteiger partial charge in [-0.3, -0.25) is 14.2 Å². The highest BCUT2D eigenvalue weighted by Gasteiger charge is 2.15. The molecule has 4 rings (SSSR count). The number of amides is 1. The summed E-state index contributed by atoms with van der Waals surface area (Å²) in [5.74, 6) is 0.929. The molecule has 0 aliphatic rings. The van der Waals surface area contributed by atoms with Crippen molar-refractivity contribution in [3.63, 3.8) is 0 Å². The molecule has 0 aliphatic heterocycles. The molecular weight excluding hydrogens is 388 g/mol. The fraction of sp³-hybridized carbons (Fsp3) is 0.150. The van der Waals surface area contributed by atoms with Gasteiger partial charge in [-0.1, -0.05) is 11.3 Å². The van der Waals surface area contributed by atoms with E-state index in [2.05, 4.69) is 20.6 Å². The number of anilines is 1. The number of hydrogen-bond donors (Lipinski definition) is 1. The van der Waals surface area contributed by atoms with Crippen LogP contribution in [-0.4, -0.2) is 44.7 Å². The van der Waals surface area contributed by atoms with Crippen LogP contribution >= 0.6 is 0 Å². The van der Waals surface area contributed by atoms with Gasteiger partial charge in [0.25, 0.3) is 5.56 Å². The molecule has 1 amide bonds. The molecule has 0 aliphatic carbocycles. The summed E-state index contributed by atoms with van der Waals surface area (Å²) < 4.78 is 12.9. The van der Waals surface area contributed by atoms with E-state index in [1.807, 2.05) is 0 Å². The Labute approximate surface area is 170 Å². The van der Waals surface area contributed by atoms with Gasteiger partial charge < -0.3 is 14.8 Å². The fourth-order valence-electron chi connectivity index (χ4n) is 2.91. The number of hydrogen-bond acceptors (Lipinski definition) is 7. The average Bonchev–Trinajstić information content (AvgIpc) is 3.21. The third kappa shape index (κ3) is 3.70. The van der Waals surface area contributed by atoms with Gasteiger partial charge in [0, 0.05) is 11.8 Å². The summed E-state index contributed by atoms with van der Waals surface area (Å²) >= 11 is 0. The minimum Gasteiger partial charge on any atom is -0.497 e. The van der Waals surface area contributed by atoms with Crippen LogP contribution in [0.1, 0.15) is 0 Å². The van der Waals surface area contributed by atoms with Crippen LogP contribution in [0.25, 0.3) is 16.9 Å². The van der Waals surface area contributed by atoms with E-state index in [-0.39, 0.29) is 18.0 Å². The predicted molar refractivity (Wildman–Crippen MR) is 109 cm³/mol. The Bertz CT molecular complexity index is 1260. The fourth-order valence-corrected chi connectivity index (χ4v) is 2.91. The third-order valence-corrected chi connectivity index (χ3v) is 4.41. The predicted octanol–water partition coefficient (Wildman–Crippen LogP) is 1.63. The number of carbonyl (C=O) groups is 1. The number of nitrogens with zero attached hydrogens (tertiary/aromatic N) is 5. The first-order chi connectivity index (χ1) is 14.6. The van der Waals surface area contributed by atoms with Crippen LogP contribution in [0, 0.1) is 0 Å². The van der Waals surface area contributed by atoms with Crippen LogP contribution in [0.4, 0.5) is 5.69 Å². The molecule has 0 bridgehead atoms. The third-order valence-electron chi connectivity index (χ3n) is 4.41. The number of methoxy groups -OCH3 is 2. The lowest BCUT2D eigenvalue weighted by Crippen LogP contribution is -2.28. The van der Waals surface area contributed by atoms with Gasteiger partial charge in [-0.2, -0.15) is 4.68 Å². The molecule has 1 N–H and O–H groups in total. The molecule has 0 unspecified atom stereocenters. The lowest BCUT2D eigenvalue weighted by atomic mass is 10.3. The summed E-state index contributed by atoms with van der Waals surface area (Å²) in [6.07, 6.45) is 1.30. The Balaban J connectivity index is 1.57. The first kappa shape index (κ1) is 19.1. The van der Waals surface area contributed by atoms with E-state index < -0.39 is 5.56 Å². The van der Waals surface area contributed by atoms with E-state index in [0.717, 1.165) is 0 Å². The molecule has 4 aromatic rings. The molecule has 0 saturated carbocycles. The Morgan fingerprint density at radius 3 is 2.57 bits per heavy atom. The minimum atomic E-state index is -0.458. The van der Waals surface area contributed by atoms with E-state index in [0.29, 0.717) is 28.5 Å². The van der Waals surface area contributed by atoms with Crippen LogP contribution in [0.3, 0.4) is 0 Å². The van der Waals surface area contributed by atoms with Crippen molar-refractivity contribution in [3.05, 3.63) is 65.2 Å². The summed E-state index contributed by atoms with van der Waals surface area (Å²) in [5.41, 5.74) is 1.16. The first-order valence-corrected chi connectivity index (χ1v) is 8.98. The Morgan fingerprint density at radius 1 is 1.07 bits per heavy atom. The zero-order chi connectivity index (χ0) is 21.1. The molecule has 0 radical (unpaired) electrons. The van der Waals surface area contributed by atoms with Crippen LogP contribution < -0.4 is 20.3 Å². The number of aromatic nitrogens is 5. The van der Waals surface area contributed by atoms with Crippen molar-refractivity contribution in [1.29, 1.82) is 0 Å². The first-order valence-electron chi connectivity index (χ1n) is 8.98. The molecule has 152 valence electrons. The van der Waals surface area contributed by atoms with Crippen LogP contribution in [-0.2, 0) is 11.3 Å². The number of carbonyl (C=O) groups excluding carboxylic acids is 1. The van der Waals surface area contributed by atoms with Gasteiger partial charge >= 0.3 is 0 Å². The molecule has 10 heteroatoms. The zero-order valence-corrected chi connectivity index (χ0v) is 16.3. The van der Waals surface area contributed by atoms with Gasteiger partial charge in [0.05, 0.1) is 19.9 Å². The molecular formula is C20H18N6O4. The van der Waals surface area contributed by atoms with Gasteiger partial charge in [-0.05, 0) is 36.4 Å². The number of rotatable bonds is 6. The van der Waals surface area contributed by atoms with Crippen molar-refractivity contribution >= 4 is 22.8 Å². The quantitative estimate of drug-likeness (QED) is 0.518. The normalized spacial score (nSPS) is 10.7. The smallest absolute Gasteiger partial charge is 0.284 e. The monoisotopic (exact) mass is 406 g/mol. The van der Waals surface area contributed by atoms with Crippen LogP contribution in [0.15, 0.2) is 59.7 Å². The second-order valence-corrected chi connectivity index (χ2v) is 6.33. The largest absolute Gasteiger partial charge is 0.497 e. The van der Waals surface area contributed by atoms with Gasteiger partial charge in [0.1, 0.15) is 24.4 Å². The van der Waals surface area contributed by atoms with Gasteiger partial charge in [0.2, 0.25) is 5.91 Å². The summed E-state index contributed by atoms with van der Waals surface area (Å²) in [4.78, 5) is 29.4. The molecule has 2 heterocycles. The van der Waals surface area contributed by atoms with E-state index in [1.165, 1.54) is 15.6 Å². The number of fused-ring (bicyclic) bond motifs is 1. The van der Waals surface area contributed by atoms with Crippen LogP contribution in [0.5, 0.6) is 11.5 Å². The van der Waals surface area contributed by atoms with Crippen molar-refractivity contribution in [2.75, 3.05) is 19.5 Å². The maximum atomic E-state index is 12.7. The molecule has 2 aromatic carbocycles. The topological polar surface area (TPSA) is 113 Å². The van der Waals surface area contributed by atoms with Gasteiger partial charge in [-0.15, -0.1) is 5.10 Å². The number of nitrogens with one attached hydrogen (secondary N) is 1. The molecule has 0 saturated heterocycles. The van der Waals surface area contributed by atoms with Crippen molar-refractivity contribution in [1.82, 2.24) is 24.5 Å². The molecule has 0 fully saturated rings. The van der Waals surface area contributed by atoms with Gasteiger partial charge in [0.15, 0.2) is 11.2 Å². The Morgan fingerprint density at radius 2 is 1.83 bits per heavy atom. The maximum Gasteiger partial charge on any atom is 0.284 e. The molecule has 0 atom stereocenters. The summed E-state index contributed by atoms with van der Waals surface area (Å²) in [5, 5.41) is 10.7. The Kier molecular flexibility index (Phi) is 5.12. The van der Waals surface area contributed by atoms with E-state index in [1.54, 1.807) is 62.8 Å². The highest BCUT2D eigenvalue weighted by Crippen LogP contribution is 2.17. The zero-order valence-electron chi connectivity index (χ0n) is 16.3.